The summed E-state index contributed by atoms with van der Waals surface area (Å²) in [5.74, 6) is 0.0779. The first-order valence-corrected chi connectivity index (χ1v) is 7.17. The second kappa shape index (κ2) is 6.94. The molecule has 0 aliphatic rings. The standard InChI is InChI=1S/C17H22N2O/c1-3-4-11-18-17(20)13-19(2)16-10-9-14-7-5-6-8-15(14)12-16/h5-10,12H,3-4,11,13H2,1-2H3,(H,18,20). The molecule has 20 heavy (non-hydrogen) atoms. The van der Waals surface area contributed by atoms with Gasteiger partial charge in [0.15, 0.2) is 0 Å². The lowest BCUT2D eigenvalue weighted by molar-refractivity contribution is -0.119. The maximum Gasteiger partial charge on any atom is 0.239 e. The molecule has 0 saturated heterocycles. The van der Waals surface area contributed by atoms with Gasteiger partial charge >= 0.3 is 0 Å². The Bertz CT molecular complexity index is 580. The van der Waals surface area contributed by atoms with Gasteiger partial charge in [0.1, 0.15) is 0 Å². The van der Waals surface area contributed by atoms with Gasteiger partial charge in [-0.05, 0) is 29.3 Å². The van der Waals surface area contributed by atoms with Gasteiger partial charge in [-0.3, -0.25) is 4.79 Å². The Kier molecular flexibility index (Phi) is 4.99. The molecule has 0 heterocycles. The van der Waals surface area contributed by atoms with Gasteiger partial charge in [-0.25, -0.2) is 0 Å². The van der Waals surface area contributed by atoms with E-state index in [2.05, 4.69) is 42.6 Å². The Morgan fingerprint density at radius 2 is 1.90 bits per heavy atom. The minimum atomic E-state index is 0.0779. The highest BCUT2D eigenvalue weighted by atomic mass is 16.2. The van der Waals surface area contributed by atoms with Crippen molar-refractivity contribution in [2.45, 2.75) is 19.8 Å². The van der Waals surface area contributed by atoms with E-state index in [4.69, 9.17) is 0 Å². The summed E-state index contributed by atoms with van der Waals surface area (Å²) in [7, 11) is 1.95. The van der Waals surface area contributed by atoms with E-state index in [9.17, 15) is 4.79 Å². The normalized spacial score (nSPS) is 10.5. The number of unbranched alkanes of at least 4 members (excludes halogenated alkanes) is 1. The minimum absolute atomic E-state index is 0.0779. The van der Waals surface area contributed by atoms with Crippen molar-refractivity contribution in [2.24, 2.45) is 0 Å². The van der Waals surface area contributed by atoms with Crippen molar-refractivity contribution >= 4 is 22.4 Å². The molecule has 0 aliphatic heterocycles. The van der Waals surface area contributed by atoms with Gasteiger partial charge < -0.3 is 10.2 Å². The third-order valence-corrected chi connectivity index (χ3v) is 3.41. The first kappa shape index (κ1) is 14.4. The quantitative estimate of drug-likeness (QED) is 0.818. The Balaban J connectivity index is 2.00. The zero-order chi connectivity index (χ0) is 14.4. The molecule has 0 saturated carbocycles. The minimum Gasteiger partial charge on any atom is -0.365 e. The van der Waals surface area contributed by atoms with E-state index in [1.54, 1.807) is 0 Å². The molecule has 1 amide bonds. The number of hydrogen-bond acceptors (Lipinski definition) is 2. The van der Waals surface area contributed by atoms with E-state index in [0.29, 0.717) is 6.54 Å². The van der Waals surface area contributed by atoms with Crippen LogP contribution in [0.3, 0.4) is 0 Å². The number of likely N-dealkylation sites (N-methyl/N-ethyl adjacent to an activating group) is 1. The highest BCUT2D eigenvalue weighted by molar-refractivity contribution is 5.87. The van der Waals surface area contributed by atoms with Crippen molar-refractivity contribution in [1.82, 2.24) is 5.32 Å². The predicted molar refractivity (Wildman–Crippen MR) is 85.1 cm³/mol. The number of carbonyl (C=O) groups excluding carboxylic acids is 1. The van der Waals surface area contributed by atoms with Crippen LogP contribution in [0.4, 0.5) is 5.69 Å². The number of fused-ring (bicyclic) bond motifs is 1. The Morgan fingerprint density at radius 1 is 1.15 bits per heavy atom. The molecule has 0 aromatic heterocycles. The summed E-state index contributed by atoms with van der Waals surface area (Å²) in [5, 5.41) is 5.36. The third kappa shape index (κ3) is 3.73. The van der Waals surface area contributed by atoms with Crippen molar-refractivity contribution in [3.8, 4) is 0 Å². The molecule has 1 N–H and O–H groups in total. The number of amides is 1. The maximum atomic E-state index is 11.8. The molecule has 2 aromatic rings. The maximum absolute atomic E-state index is 11.8. The zero-order valence-corrected chi connectivity index (χ0v) is 12.2. The third-order valence-electron chi connectivity index (χ3n) is 3.41. The number of benzene rings is 2. The summed E-state index contributed by atoms with van der Waals surface area (Å²) in [6.45, 7) is 3.27. The second-order valence-corrected chi connectivity index (χ2v) is 5.09. The number of hydrogen-bond donors (Lipinski definition) is 1. The van der Waals surface area contributed by atoms with Crippen molar-refractivity contribution in [1.29, 1.82) is 0 Å². The van der Waals surface area contributed by atoms with Crippen molar-refractivity contribution in [3.05, 3.63) is 42.5 Å². The first-order chi connectivity index (χ1) is 9.70. The van der Waals surface area contributed by atoms with Crippen LogP contribution in [0.2, 0.25) is 0 Å². The molecule has 0 spiro atoms. The zero-order valence-electron chi connectivity index (χ0n) is 12.2. The lowest BCUT2D eigenvalue weighted by Gasteiger charge is -2.19. The number of carbonyl (C=O) groups is 1. The Hall–Kier alpha value is -2.03. The van der Waals surface area contributed by atoms with Gasteiger partial charge in [0.2, 0.25) is 5.91 Å². The number of nitrogens with zero attached hydrogens (tertiary/aromatic N) is 1. The molecule has 0 bridgehead atoms. The SMILES string of the molecule is CCCCNC(=O)CN(C)c1ccc2ccccc2c1. The molecule has 3 heteroatoms. The Morgan fingerprint density at radius 3 is 2.65 bits per heavy atom. The summed E-state index contributed by atoms with van der Waals surface area (Å²) in [6.07, 6.45) is 2.13. The van der Waals surface area contributed by atoms with Gasteiger partial charge in [-0.2, -0.15) is 0 Å². The fourth-order valence-corrected chi connectivity index (χ4v) is 2.18. The summed E-state index contributed by atoms with van der Waals surface area (Å²) >= 11 is 0. The fraction of sp³-hybridized carbons (Fsp3) is 0.353. The van der Waals surface area contributed by atoms with Crippen molar-refractivity contribution in [2.75, 3.05) is 25.0 Å². The topological polar surface area (TPSA) is 32.3 Å². The van der Waals surface area contributed by atoms with Crippen LogP contribution in [0.15, 0.2) is 42.5 Å². The van der Waals surface area contributed by atoms with Crippen LogP contribution in [0.5, 0.6) is 0 Å². The van der Waals surface area contributed by atoms with E-state index in [1.807, 2.05) is 24.1 Å². The van der Waals surface area contributed by atoms with Crippen molar-refractivity contribution < 1.29 is 4.79 Å². The Labute approximate surface area is 120 Å². The molecular weight excluding hydrogens is 248 g/mol. The van der Waals surface area contributed by atoms with E-state index >= 15 is 0 Å². The van der Waals surface area contributed by atoms with E-state index in [-0.39, 0.29) is 5.91 Å². The predicted octanol–water partition coefficient (Wildman–Crippen LogP) is 3.19. The number of nitrogens with one attached hydrogen (secondary N) is 1. The highest BCUT2D eigenvalue weighted by Crippen LogP contribution is 2.20. The largest absolute Gasteiger partial charge is 0.365 e. The lowest BCUT2D eigenvalue weighted by atomic mass is 10.1. The molecule has 0 aliphatic carbocycles. The van der Waals surface area contributed by atoms with Crippen LogP contribution in [0.25, 0.3) is 10.8 Å². The molecule has 0 radical (unpaired) electrons. The molecular formula is C17H22N2O. The van der Waals surface area contributed by atoms with Crippen LogP contribution in [-0.2, 0) is 4.79 Å². The summed E-state index contributed by atoms with van der Waals surface area (Å²) in [4.78, 5) is 13.8. The molecule has 0 atom stereocenters. The van der Waals surface area contributed by atoms with Crippen LogP contribution >= 0.6 is 0 Å². The average molecular weight is 270 g/mol. The van der Waals surface area contributed by atoms with E-state index in [0.717, 1.165) is 25.1 Å². The highest BCUT2D eigenvalue weighted by Gasteiger charge is 2.07. The lowest BCUT2D eigenvalue weighted by Crippen LogP contribution is -2.35. The van der Waals surface area contributed by atoms with Crippen LogP contribution < -0.4 is 10.2 Å². The molecule has 0 unspecified atom stereocenters. The number of rotatable bonds is 6. The second-order valence-electron chi connectivity index (χ2n) is 5.09. The van der Waals surface area contributed by atoms with Crippen LogP contribution in [0, 0.1) is 0 Å². The molecule has 3 nitrogen and oxygen atoms in total. The fourth-order valence-electron chi connectivity index (χ4n) is 2.18. The monoisotopic (exact) mass is 270 g/mol. The smallest absolute Gasteiger partial charge is 0.239 e. The molecule has 2 aromatic carbocycles. The van der Waals surface area contributed by atoms with Crippen LogP contribution in [-0.4, -0.2) is 26.0 Å². The van der Waals surface area contributed by atoms with Crippen molar-refractivity contribution in [3.63, 3.8) is 0 Å². The molecule has 0 fully saturated rings. The van der Waals surface area contributed by atoms with E-state index < -0.39 is 0 Å². The summed E-state index contributed by atoms with van der Waals surface area (Å²) in [5.41, 5.74) is 1.06. The van der Waals surface area contributed by atoms with Crippen LogP contribution in [0.1, 0.15) is 19.8 Å². The van der Waals surface area contributed by atoms with Gasteiger partial charge in [0.25, 0.3) is 0 Å². The summed E-state index contributed by atoms with van der Waals surface area (Å²) < 4.78 is 0. The summed E-state index contributed by atoms with van der Waals surface area (Å²) in [6, 6.07) is 14.5. The average Bonchev–Trinajstić information content (AvgIpc) is 2.47. The van der Waals surface area contributed by atoms with Gasteiger partial charge in [0.05, 0.1) is 6.54 Å². The van der Waals surface area contributed by atoms with Gasteiger partial charge in [-0.15, -0.1) is 0 Å². The molecule has 2 rings (SSSR count). The first-order valence-electron chi connectivity index (χ1n) is 7.17. The van der Waals surface area contributed by atoms with E-state index in [1.165, 1.54) is 10.8 Å². The molecule has 106 valence electrons. The van der Waals surface area contributed by atoms with Gasteiger partial charge in [-0.1, -0.05) is 43.7 Å². The number of anilines is 1. The van der Waals surface area contributed by atoms with Gasteiger partial charge in [0, 0.05) is 19.3 Å².